The molecule has 1 aromatic heterocycles. The average Bonchev–Trinajstić information content (AvgIpc) is 2.75. The maximum atomic E-state index is 5.83. The first-order chi connectivity index (χ1) is 9.29. The Hall–Kier alpha value is -1.06. The van der Waals surface area contributed by atoms with Crippen LogP contribution in [0.5, 0.6) is 0 Å². The standard InChI is InChI=1S/C15H30N4/c1-3-5-6-7-8-9-10-11-13-19-14(12-4-2)15(16)17-18-19/h3-13,16H2,1-2H3. The molecule has 19 heavy (non-hydrogen) atoms. The Kier molecular flexibility index (Phi) is 8.26. The summed E-state index contributed by atoms with van der Waals surface area (Å²) in [5.41, 5.74) is 6.95. The van der Waals surface area contributed by atoms with Crippen molar-refractivity contribution in [2.24, 2.45) is 0 Å². The maximum Gasteiger partial charge on any atom is 0.169 e. The molecule has 0 aliphatic carbocycles. The number of nitrogens with two attached hydrogens (primary N) is 1. The molecule has 1 heterocycles. The number of hydrogen-bond acceptors (Lipinski definition) is 3. The van der Waals surface area contributed by atoms with Gasteiger partial charge < -0.3 is 5.73 Å². The van der Waals surface area contributed by atoms with Gasteiger partial charge in [-0.15, -0.1) is 5.10 Å². The van der Waals surface area contributed by atoms with E-state index in [0.29, 0.717) is 5.82 Å². The highest BCUT2D eigenvalue weighted by molar-refractivity contribution is 5.32. The molecular weight excluding hydrogens is 236 g/mol. The fourth-order valence-corrected chi connectivity index (χ4v) is 2.42. The molecule has 0 radical (unpaired) electrons. The first-order valence-electron chi connectivity index (χ1n) is 7.97. The molecule has 1 rings (SSSR count). The van der Waals surface area contributed by atoms with Crippen LogP contribution < -0.4 is 5.73 Å². The molecule has 4 heteroatoms. The van der Waals surface area contributed by atoms with Crippen LogP contribution in [0.15, 0.2) is 0 Å². The van der Waals surface area contributed by atoms with Crippen LogP contribution in [0.1, 0.15) is 77.3 Å². The number of hydrogen-bond donors (Lipinski definition) is 1. The van der Waals surface area contributed by atoms with Gasteiger partial charge in [-0.3, -0.25) is 0 Å². The highest BCUT2D eigenvalue weighted by Gasteiger charge is 2.08. The minimum absolute atomic E-state index is 0.612. The first kappa shape index (κ1) is 16.0. The lowest BCUT2D eigenvalue weighted by Gasteiger charge is -2.06. The molecule has 0 aromatic carbocycles. The van der Waals surface area contributed by atoms with Crippen molar-refractivity contribution in [3.05, 3.63) is 5.69 Å². The van der Waals surface area contributed by atoms with Gasteiger partial charge in [-0.2, -0.15) is 0 Å². The number of rotatable bonds is 11. The van der Waals surface area contributed by atoms with E-state index in [1.165, 1.54) is 51.4 Å². The van der Waals surface area contributed by atoms with E-state index < -0.39 is 0 Å². The third-order valence-corrected chi connectivity index (χ3v) is 3.58. The molecule has 0 aliphatic rings. The van der Waals surface area contributed by atoms with Crippen molar-refractivity contribution >= 4 is 5.82 Å². The van der Waals surface area contributed by atoms with Crippen LogP contribution in [0.2, 0.25) is 0 Å². The van der Waals surface area contributed by atoms with Gasteiger partial charge in [-0.25, -0.2) is 4.68 Å². The van der Waals surface area contributed by atoms with Crippen molar-refractivity contribution in [1.82, 2.24) is 15.0 Å². The molecule has 0 unspecified atom stereocenters. The van der Waals surface area contributed by atoms with Gasteiger partial charge in [0.2, 0.25) is 0 Å². The number of nitrogens with zero attached hydrogens (tertiary/aromatic N) is 3. The Morgan fingerprint density at radius 1 is 0.895 bits per heavy atom. The number of aryl methyl sites for hydroxylation is 1. The second-order valence-electron chi connectivity index (χ2n) is 5.37. The minimum Gasteiger partial charge on any atom is -0.381 e. The zero-order valence-electron chi connectivity index (χ0n) is 12.7. The van der Waals surface area contributed by atoms with Crippen LogP contribution in [-0.2, 0) is 13.0 Å². The van der Waals surface area contributed by atoms with E-state index >= 15 is 0 Å². The van der Waals surface area contributed by atoms with E-state index in [1.54, 1.807) is 0 Å². The molecule has 0 amide bonds. The van der Waals surface area contributed by atoms with Crippen LogP contribution in [-0.4, -0.2) is 15.0 Å². The monoisotopic (exact) mass is 266 g/mol. The van der Waals surface area contributed by atoms with Crippen LogP contribution in [0.4, 0.5) is 5.82 Å². The molecule has 0 aliphatic heterocycles. The molecule has 0 bridgehead atoms. The predicted octanol–water partition coefficient (Wildman–Crippen LogP) is 3.95. The highest BCUT2D eigenvalue weighted by Crippen LogP contribution is 2.13. The number of unbranched alkanes of at least 4 members (excludes halogenated alkanes) is 7. The van der Waals surface area contributed by atoms with E-state index in [0.717, 1.165) is 25.1 Å². The molecule has 0 saturated carbocycles. The van der Waals surface area contributed by atoms with Gasteiger partial charge in [0.25, 0.3) is 0 Å². The predicted molar refractivity (Wildman–Crippen MR) is 81.0 cm³/mol. The fourth-order valence-electron chi connectivity index (χ4n) is 2.42. The normalized spacial score (nSPS) is 11.1. The molecule has 0 spiro atoms. The fraction of sp³-hybridized carbons (Fsp3) is 0.867. The topological polar surface area (TPSA) is 56.7 Å². The molecule has 0 fully saturated rings. The average molecular weight is 266 g/mol. The van der Waals surface area contributed by atoms with Gasteiger partial charge in [0.05, 0.1) is 5.69 Å². The summed E-state index contributed by atoms with van der Waals surface area (Å²) in [6, 6.07) is 0. The van der Waals surface area contributed by atoms with Gasteiger partial charge in [-0.05, 0) is 12.8 Å². The van der Waals surface area contributed by atoms with Crippen molar-refractivity contribution in [2.45, 2.75) is 84.6 Å². The zero-order chi connectivity index (χ0) is 13.9. The van der Waals surface area contributed by atoms with E-state index in [4.69, 9.17) is 5.73 Å². The molecule has 2 N–H and O–H groups in total. The second kappa shape index (κ2) is 9.82. The summed E-state index contributed by atoms with van der Waals surface area (Å²) in [7, 11) is 0. The van der Waals surface area contributed by atoms with Crippen LogP contribution in [0, 0.1) is 0 Å². The van der Waals surface area contributed by atoms with Crippen molar-refractivity contribution < 1.29 is 0 Å². The van der Waals surface area contributed by atoms with E-state index in [2.05, 4.69) is 24.2 Å². The van der Waals surface area contributed by atoms with Crippen LogP contribution in [0.3, 0.4) is 0 Å². The molecule has 0 atom stereocenters. The first-order valence-corrected chi connectivity index (χ1v) is 7.97. The summed E-state index contributed by atoms with van der Waals surface area (Å²) >= 11 is 0. The number of nitrogen functional groups attached to an aromatic ring is 1. The number of anilines is 1. The molecular formula is C15H30N4. The lowest BCUT2D eigenvalue weighted by atomic mass is 10.1. The van der Waals surface area contributed by atoms with Gasteiger partial charge in [0.1, 0.15) is 0 Å². The van der Waals surface area contributed by atoms with Crippen molar-refractivity contribution in [1.29, 1.82) is 0 Å². The Balaban J connectivity index is 2.12. The Bertz CT molecular complexity index is 333. The highest BCUT2D eigenvalue weighted by atomic mass is 15.4. The Morgan fingerprint density at radius 3 is 2.16 bits per heavy atom. The van der Waals surface area contributed by atoms with E-state index in [-0.39, 0.29) is 0 Å². The lowest BCUT2D eigenvalue weighted by molar-refractivity contribution is 0.498. The smallest absolute Gasteiger partial charge is 0.169 e. The van der Waals surface area contributed by atoms with Crippen molar-refractivity contribution in [3.63, 3.8) is 0 Å². The minimum atomic E-state index is 0.612. The maximum absolute atomic E-state index is 5.83. The molecule has 0 saturated heterocycles. The SMILES string of the molecule is CCCCCCCCCCn1nnc(N)c1CCC. The van der Waals surface area contributed by atoms with Gasteiger partial charge >= 0.3 is 0 Å². The summed E-state index contributed by atoms with van der Waals surface area (Å²) in [6.45, 7) is 5.39. The van der Waals surface area contributed by atoms with E-state index in [9.17, 15) is 0 Å². The van der Waals surface area contributed by atoms with Gasteiger partial charge in [0, 0.05) is 6.54 Å². The summed E-state index contributed by atoms with van der Waals surface area (Å²) < 4.78 is 2.00. The third-order valence-electron chi connectivity index (χ3n) is 3.58. The lowest BCUT2D eigenvalue weighted by Crippen LogP contribution is -2.06. The quantitative estimate of drug-likeness (QED) is 0.617. The number of aromatic nitrogens is 3. The van der Waals surface area contributed by atoms with Crippen LogP contribution >= 0.6 is 0 Å². The zero-order valence-corrected chi connectivity index (χ0v) is 12.7. The Labute approximate surface area is 117 Å². The van der Waals surface area contributed by atoms with Gasteiger partial charge in [0.15, 0.2) is 5.82 Å². The van der Waals surface area contributed by atoms with Crippen LogP contribution in [0.25, 0.3) is 0 Å². The molecule has 110 valence electrons. The third kappa shape index (κ3) is 6.08. The second-order valence-corrected chi connectivity index (χ2v) is 5.37. The summed E-state index contributed by atoms with van der Waals surface area (Å²) in [4.78, 5) is 0. The largest absolute Gasteiger partial charge is 0.381 e. The van der Waals surface area contributed by atoms with Crippen molar-refractivity contribution in [3.8, 4) is 0 Å². The summed E-state index contributed by atoms with van der Waals surface area (Å²) in [6.07, 6.45) is 12.8. The summed E-state index contributed by atoms with van der Waals surface area (Å²) in [5.74, 6) is 0.612. The van der Waals surface area contributed by atoms with E-state index in [1.807, 2.05) is 4.68 Å². The Morgan fingerprint density at radius 2 is 1.53 bits per heavy atom. The molecule has 4 nitrogen and oxygen atoms in total. The summed E-state index contributed by atoms with van der Waals surface area (Å²) in [5, 5.41) is 8.11. The van der Waals surface area contributed by atoms with Gasteiger partial charge in [-0.1, -0.05) is 70.4 Å². The van der Waals surface area contributed by atoms with Crippen molar-refractivity contribution in [2.75, 3.05) is 5.73 Å². The molecule has 1 aromatic rings.